The summed E-state index contributed by atoms with van der Waals surface area (Å²) in [6.07, 6.45) is 5.40. The summed E-state index contributed by atoms with van der Waals surface area (Å²) < 4.78 is 11.2. The Hall–Kier alpha value is -10.6. The number of hydrogen-bond acceptors (Lipinski definition) is 23. The van der Waals surface area contributed by atoms with Gasteiger partial charge in [0.1, 0.15) is 54.9 Å². The second kappa shape index (κ2) is 49.8. The number of para-hydroxylation sites is 1. The summed E-state index contributed by atoms with van der Waals surface area (Å²) in [6, 6.07) is 5.02. The summed E-state index contributed by atoms with van der Waals surface area (Å²) in [4.78, 5) is 216. The normalized spacial score (nSPS) is 15.5. The summed E-state index contributed by atoms with van der Waals surface area (Å²) >= 11 is 1.45. The fourth-order valence-corrected chi connectivity index (χ4v) is 12.6. The fourth-order valence-electron chi connectivity index (χ4n) is 12.1. The Bertz CT molecular complexity index is 3800. The van der Waals surface area contributed by atoms with Crippen LogP contribution in [-0.4, -0.2) is 317 Å². The molecule has 40 heteroatoms. The highest BCUT2D eigenvalue weighted by molar-refractivity contribution is 7.98. The largest absolute Gasteiger partial charge is 0.480 e. The van der Waals surface area contributed by atoms with Gasteiger partial charge in [0.25, 0.3) is 0 Å². The van der Waals surface area contributed by atoms with Gasteiger partial charge in [-0.2, -0.15) is 11.8 Å². The second-order valence-corrected chi connectivity index (χ2v) is 29.3. The van der Waals surface area contributed by atoms with Crippen LogP contribution in [0.1, 0.15) is 77.1 Å². The monoisotopic (exact) mass is 1620 g/mol. The van der Waals surface area contributed by atoms with Crippen molar-refractivity contribution in [2.24, 2.45) is 23.3 Å². The quantitative estimate of drug-likeness (QED) is 0.0186. The number of carboxylic acids is 3. The zero-order valence-corrected chi connectivity index (χ0v) is 66.0. The number of primary amides is 2. The number of amides is 12. The van der Waals surface area contributed by atoms with Crippen molar-refractivity contribution < 1.29 is 96.7 Å². The van der Waals surface area contributed by atoms with E-state index in [0.717, 1.165) is 0 Å². The molecule has 5 rings (SSSR count). The number of fused-ring (bicyclic) bond motifs is 1. The molecule has 3 heterocycles. The number of imidazole rings is 1. The van der Waals surface area contributed by atoms with Gasteiger partial charge in [0.2, 0.25) is 70.9 Å². The predicted molar refractivity (Wildman–Crippen MR) is 417 cm³/mol. The van der Waals surface area contributed by atoms with E-state index >= 15 is 0 Å². The number of aromatic nitrogens is 3. The van der Waals surface area contributed by atoms with Gasteiger partial charge in [0.05, 0.1) is 58.9 Å². The molecule has 8 atom stereocenters. The van der Waals surface area contributed by atoms with E-state index in [2.05, 4.69) is 68.1 Å². The molecule has 1 aliphatic heterocycles. The minimum absolute atomic E-state index is 0.0213. The third-order valence-corrected chi connectivity index (χ3v) is 18.8. The molecule has 0 saturated carbocycles. The zero-order valence-electron chi connectivity index (χ0n) is 65.2. The van der Waals surface area contributed by atoms with E-state index in [1.807, 2.05) is 20.1 Å². The molecule has 1 fully saturated rings. The van der Waals surface area contributed by atoms with Gasteiger partial charge in [-0.25, -0.2) is 4.98 Å². The minimum Gasteiger partial charge on any atom is -0.480 e. The number of H-pyrrole nitrogens is 2. The molecule has 0 bridgehead atoms. The van der Waals surface area contributed by atoms with Crippen molar-refractivity contribution >= 4 is 111 Å². The van der Waals surface area contributed by atoms with E-state index in [0.29, 0.717) is 33.5 Å². The van der Waals surface area contributed by atoms with Crippen molar-refractivity contribution in [2.45, 2.75) is 128 Å². The van der Waals surface area contributed by atoms with Crippen molar-refractivity contribution in [3.8, 4) is 0 Å². The molecular weight excluding hydrogens is 1510 g/mol. The first-order chi connectivity index (χ1) is 54.3. The Kier molecular flexibility index (Phi) is 41.0. The highest BCUT2D eigenvalue weighted by Crippen LogP contribution is 2.20. The molecule has 2 aromatic carbocycles. The lowest BCUT2D eigenvalue weighted by Crippen LogP contribution is -2.60. The number of nitrogens with one attached hydrogen (secondary N) is 12. The number of thioether (sulfide) groups is 1. The molecule has 39 nitrogen and oxygen atoms in total. The number of nitrogens with zero attached hydrogens (tertiary/aromatic N) is 5. The Morgan fingerprint density at radius 2 is 1.04 bits per heavy atom. The molecule has 12 amide bonds. The molecule has 0 unspecified atom stereocenters. The maximum absolute atomic E-state index is 14.7. The van der Waals surface area contributed by atoms with Gasteiger partial charge in [-0.1, -0.05) is 76.2 Å². The number of carbonyl (C=O) groups excluding carboxylic acids is 12. The lowest BCUT2D eigenvalue weighted by molar-refractivity contribution is -0.140. The summed E-state index contributed by atoms with van der Waals surface area (Å²) in [5.74, 6) is -12.9. The second-order valence-electron chi connectivity index (χ2n) is 28.3. The molecule has 1 aliphatic rings. The average Bonchev–Trinajstić information content (AvgIpc) is 1.64. The molecule has 628 valence electrons. The molecular formula is C74H111N19O20S. The number of ether oxygens (including phenoxy) is 2. The van der Waals surface area contributed by atoms with E-state index in [-0.39, 0.29) is 149 Å². The molecule has 19 N–H and O–H groups in total. The molecule has 114 heavy (non-hydrogen) atoms. The van der Waals surface area contributed by atoms with Crippen LogP contribution >= 0.6 is 11.8 Å². The van der Waals surface area contributed by atoms with Crippen molar-refractivity contribution in [2.75, 3.05) is 130 Å². The third-order valence-electron chi connectivity index (χ3n) is 18.2. The van der Waals surface area contributed by atoms with Crippen LogP contribution in [0.2, 0.25) is 0 Å². The van der Waals surface area contributed by atoms with Gasteiger partial charge in [0.15, 0.2) is 0 Å². The lowest BCUT2D eigenvalue weighted by Gasteiger charge is -2.32. The first-order valence-corrected chi connectivity index (χ1v) is 38.9. The summed E-state index contributed by atoms with van der Waals surface area (Å²) in [7, 11) is 0. The predicted octanol–water partition coefficient (Wildman–Crippen LogP) is -4.24. The molecule has 4 aromatic rings. The van der Waals surface area contributed by atoms with Crippen LogP contribution in [0, 0.1) is 11.8 Å². The molecule has 0 spiro atoms. The van der Waals surface area contributed by atoms with Gasteiger partial charge >= 0.3 is 17.9 Å². The summed E-state index contributed by atoms with van der Waals surface area (Å²) in [5.41, 5.74) is 13.4. The standard InChI is InChI=1S/C74H111N19O20S/c1-45(2)32-55(71(108)85-53(67(76)104)18-31-114-6)87-73(110)58(35-50-37-77-44-81-50)83-60(95)38-80-74(111)66(46(3)4)89-68(105)47(5)82-70(107)57(34-49-36-79-52-15-11-10-14-51(49)52)88-69(106)54(16-17-59(75)94)86-72(109)56(33-48-12-8-7-9-13-48)84-62(97)43-113-30-29-112-28-19-78-61(96)39-90-20-22-91(40-63(98)99)24-26-93(42-65(102)103)27-25-92(23-21-90)41-64(100)101/h7-15,36-37,44-47,53-58,66,79H,16-35,38-43H2,1-6H3,(H2,75,94)(H2,76,104)(H,77,81)(H,78,96)(H,80,111)(H,82,107)(H,83,95)(H,84,97)(H,85,108)(H,86,109)(H,87,110)(H,88,106)(H,89,105)(H,98,99)(H,100,101)(H,102,103)/t47-,53-,54-,55-,56-,57-,58-,66-/m0/s1. The maximum Gasteiger partial charge on any atom is 0.317 e. The highest BCUT2D eigenvalue weighted by atomic mass is 32.2. The van der Waals surface area contributed by atoms with Gasteiger partial charge < -0.3 is 99.4 Å². The first kappa shape index (κ1) is 93.9. The van der Waals surface area contributed by atoms with Gasteiger partial charge in [-0.05, 0) is 67.2 Å². The van der Waals surface area contributed by atoms with Crippen molar-refractivity contribution in [3.05, 3.63) is 90.1 Å². The van der Waals surface area contributed by atoms with Gasteiger partial charge in [-0.15, -0.1) is 0 Å². The summed E-state index contributed by atoms with van der Waals surface area (Å²) in [6.45, 7) is 7.56. The van der Waals surface area contributed by atoms with E-state index in [9.17, 15) is 87.2 Å². The van der Waals surface area contributed by atoms with E-state index < -0.39 is 163 Å². The Morgan fingerprint density at radius 3 is 1.60 bits per heavy atom. The number of carbonyl (C=O) groups is 15. The molecule has 0 radical (unpaired) electrons. The van der Waals surface area contributed by atoms with Crippen molar-refractivity contribution in [1.82, 2.24) is 87.7 Å². The number of carboxylic acid groups (broad SMARTS) is 3. The Labute approximate surface area is 664 Å². The fraction of sp³-hybridized carbons (Fsp3) is 0.568. The van der Waals surface area contributed by atoms with Crippen LogP contribution in [0.4, 0.5) is 0 Å². The highest BCUT2D eigenvalue weighted by Gasteiger charge is 2.36. The first-order valence-electron chi connectivity index (χ1n) is 37.6. The minimum atomic E-state index is -1.57. The number of benzene rings is 2. The zero-order chi connectivity index (χ0) is 83.8. The average molecular weight is 1620 g/mol. The third kappa shape index (κ3) is 35.6. The number of nitrogens with two attached hydrogens (primary N) is 2. The number of rotatable bonds is 49. The molecule has 0 aliphatic carbocycles. The SMILES string of the molecule is CSCC[C@H](NC(=O)[C@H](CC(C)C)NC(=O)[C@H](Cc1cnc[nH]1)NC(=O)CNC(=O)[C@@H](NC(=O)[C@H](C)NC(=O)[C@H](Cc1c[nH]c2ccccc12)NC(=O)[C@H](CCC(N)=O)NC(=O)[C@H](Cc1ccccc1)NC(=O)COCCOCCNC(=O)CN1CCN(CC(=O)O)CCN(CC(=O)O)CCN(CC(=O)O)CC1)C(C)C)C(N)=O. The topological polar surface area (TPSA) is 565 Å². The lowest BCUT2D eigenvalue weighted by atomic mass is 10.0. The Balaban J connectivity index is 1.20. The number of hydrogen-bond donors (Lipinski definition) is 17. The van der Waals surface area contributed by atoms with Gasteiger partial charge in [0, 0.05) is 114 Å². The van der Waals surface area contributed by atoms with Crippen LogP contribution in [0.3, 0.4) is 0 Å². The van der Waals surface area contributed by atoms with Crippen LogP contribution in [-0.2, 0) is 101 Å². The van der Waals surface area contributed by atoms with E-state index in [1.165, 1.54) is 31.2 Å². The van der Waals surface area contributed by atoms with Crippen LogP contribution in [0.25, 0.3) is 10.9 Å². The van der Waals surface area contributed by atoms with Crippen molar-refractivity contribution in [3.63, 3.8) is 0 Å². The number of aromatic amines is 2. The summed E-state index contributed by atoms with van der Waals surface area (Å²) in [5, 5.41) is 55.6. The van der Waals surface area contributed by atoms with E-state index in [4.69, 9.17) is 20.9 Å². The van der Waals surface area contributed by atoms with Crippen LogP contribution < -0.4 is 64.6 Å². The van der Waals surface area contributed by atoms with Crippen LogP contribution in [0.5, 0.6) is 0 Å². The van der Waals surface area contributed by atoms with Gasteiger partial charge in [-0.3, -0.25) is 91.5 Å². The smallest absolute Gasteiger partial charge is 0.317 e. The molecule has 1 saturated heterocycles. The van der Waals surface area contributed by atoms with Crippen molar-refractivity contribution in [1.29, 1.82) is 0 Å². The molecule has 2 aromatic heterocycles. The number of aliphatic carboxylic acids is 3. The van der Waals surface area contributed by atoms with Crippen LogP contribution in [0.15, 0.2) is 73.3 Å². The van der Waals surface area contributed by atoms with E-state index in [1.54, 1.807) is 94.2 Å². The maximum atomic E-state index is 14.7. The Morgan fingerprint density at radius 1 is 0.518 bits per heavy atom.